The van der Waals surface area contributed by atoms with Crippen LogP contribution in [-0.2, 0) is 17.8 Å². The van der Waals surface area contributed by atoms with Crippen LogP contribution in [-0.4, -0.2) is 23.0 Å². The number of carbonyl (C=O) groups is 2. The van der Waals surface area contributed by atoms with Gasteiger partial charge in [-0.05, 0) is 58.3 Å². The maximum absolute atomic E-state index is 13.1. The minimum atomic E-state index is -1.16. The van der Waals surface area contributed by atoms with E-state index in [1.165, 1.54) is 24.3 Å². The highest BCUT2D eigenvalue weighted by Crippen LogP contribution is 2.23. The minimum Gasteiger partial charge on any atom is -0.489 e. The SMILES string of the molecule is O=C(NC(Cc1ccc(F)cc1)C(=O)O)c1ccc2cc(OCc3ccccc3)ccc2c1. The minimum absolute atomic E-state index is 0.0526. The Morgan fingerprint density at radius 3 is 2.27 bits per heavy atom. The quantitative estimate of drug-likeness (QED) is 0.403. The first-order valence-electron chi connectivity index (χ1n) is 10.5. The van der Waals surface area contributed by atoms with Crippen molar-refractivity contribution in [1.82, 2.24) is 5.32 Å². The summed E-state index contributed by atoms with van der Waals surface area (Å²) in [7, 11) is 0. The molecular weight excluding hydrogens is 421 g/mol. The van der Waals surface area contributed by atoms with Crippen LogP contribution in [0.4, 0.5) is 4.39 Å². The van der Waals surface area contributed by atoms with Crippen LogP contribution in [0, 0.1) is 5.82 Å². The van der Waals surface area contributed by atoms with E-state index >= 15 is 0 Å². The average Bonchev–Trinajstić information content (AvgIpc) is 2.83. The number of ether oxygens (including phenoxy) is 1. The molecule has 4 aromatic rings. The van der Waals surface area contributed by atoms with Gasteiger partial charge in [0.25, 0.3) is 5.91 Å². The van der Waals surface area contributed by atoms with E-state index in [4.69, 9.17) is 4.74 Å². The van der Waals surface area contributed by atoms with Gasteiger partial charge in [0.2, 0.25) is 0 Å². The summed E-state index contributed by atoms with van der Waals surface area (Å²) in [5.74, 6) is -1.34. The fourth-order valence-corrected chi connectivity index (χ4v) is 3.49. The van der Waals surface area contributed by atoms with Gasteiger partial charge >= 0.3 is 5.97 Å². The van der Waals surface area contributed by atoms with E-state index in [2.05, 4.69) is 5.32 Å². The van der Waals surface area contributed by atoms with Gasteiger partial charge in [-0.2, -0.15) is 0 Å². The molecule has 0 aliphatic carbocycles. The third kappa shape index (κ3) is 5.74. The van der Waals surface area contributed by atoms with Gasteiger partial charge in [-0.3, -0.25) is 4.79 Å². The summed E-state index contributed by atoms with van der Waals surface area (Å²) < 4.78 is 18.9. The third-order valence-electron chi connectivity index (χ3n) is 5.28. The Kier molecular flexibility index (Phi) is 6.64. The number of carbonyl (C=O) groups excluding carboxylic acids is 1. The molecule has 1 unspecified atom stereocenters. The number of hydrogen-bond donors (Lipinski definition) is 2. The van der Waals surface area contributed by atoms with Gasteiger partial charge in [0, 0.05) is 12.0 Å². The molecular formula is C27H22FNO4. The Morgan fingerprint density at radius 2 is 1.55 bits per heavy atom. The molecule has 0 saturated heterocycles. The standard InChI is InChI=1S/C27H22FNO4/c28-23-11-6-18(7-12-23)14-25(27(31)32)29-26(30)22-9-8-21-16-24(13-10-20(21)15-22)33-17-19-4-2-1-3-5-19/h1-13,15-16,25H,14,17H2,(H,29,30)(H,31,32). The number of amides is 1. The highest BCUT2D eigenvalue weighted by molar-refractivity contribution is 6.00. The largest absolute Gasteiger partial charge is 0.489 e. The molecule has 0 fully saturated rings. The monoisotopic (exact) mass is 443 g/mol. The van der Waals surface area contributed by atoms with Crippen molar-refractivity contribution in [2.24, 2.45) is 0 Å². The van der Waals surface area contributed by atoms with Crippen molar-refractivity contribution in [3.05, 3.63) is 114 Å². The van der Waals surface area contributed by atoms with Crippen LogP contribution in [0.25, 0.3) is 10.8 Å². The predicted octanol–water partition coefficient (Wildman–Crippen LogP) is 4.98. The number of hydrogen-bond acceptors (Lipinski definition) is 3. The first-order chi connectivity index (χ1) is 16.0. The van der Waals surface area contributed by atoms with E-state index in [9.17, 15) is 19.1 Å². The van der Waals surface area contributed by atoms with E-state index in [0.717, 1.165) is 16.3 Å². The Balaban J connectivity index is 1.44. The van der Waals surface area contributed by atoms with E-state index in [-0.39, 0.29) is 6.42 Å². The van der Waals surface area contributed by atoms with E-state index in [1.54, 1.807) is 18.2 Å². The Bertz CT molecular complexity index is 1270. The van der Waals surface area contributed by atoms with E-state index < -0.39 is 23.7 Å². The highest BCUT2D eigenvalue weighted by atomic mass is 19.1. The first kappa shape index (κ1) is 22.0. The number of halogens is 1. The summed E-state index contributed by atoms with van der Waals surface area (Å²) in [6, 6.07) is 25.0. The molecule has 1 amide bonds. The lowest BCUT2D eigenvalue weighted by Gasteiger charge is -2.15. The lowest BCUT2D eigenvalue weighted by molar-refractivity contribution is -0.139. The number of aliphatic carboxylic acids is 1. The highest BCUT2D eigenvalue weighted by Gasteiger charge is 2.21. The fourth-order valence-electron chi connectivity index (χ4n) is 3.49. The predicted molar refractivity (Wildman–Crippen MR) is 124 cm³/mol. The fraction of sp³-hybridized carbons (Fsp3) is 0.111. The van der Waals surface area contributed by atoms with Crippen LogP contribution in [0.2, 0.25) is 0 Å². The van der Waals surface area contributed by atoms with Crippen molar-refractivity contribution in [2.75, 3.05) is 0 Å². The van der Waals surface area contributed by atoms with Crippen molar-refractivity contribution in [1.29, 1.82) is 0 Å². The molecule has 0 heterocycles. The van der Waals surface area contributed by atoms with Gasteiger partial charge in [0.1, 0.15) is 24.2 Å². The molecule has 0 bridgehead atoms. The molecule has 0 aliphatic rings. The molecule has 6 heteroatoms. The molecule has 5 nitrogen and oxygen atoms in total. The number of benzene rings is 4. The summed E-state index contributed by atoms with van der Waals surface area (Å²) in [6.45, 7) is 0.456. The van der Waals surface area contributed by atoms with Crippen LogP contribution in [0.3, 0.4) is 0 Å². The summed E-state index contributed by atoms with van der Waals surface area (Å²) in [5.41, 5.74) is 2.04. The average molecular weight is 443 g/mol. The lowest BCUT2D eigenvalue weighted by atomic mass is 10.0. The molecule has 4 rings (SSSR count). The van der Waals surface area contributed by atoms with E-state index in [0.29, 0.717) is 23.5 Å². The van der Waals surface area contributed by atoms with Crippen molar-refractivity contribution in [3.63, 3.8) is 0 Å². The number of nitrogens with one attached hydrogen (secondary N) is 1. The second kappa shape index (κ2) is 9.96. The smallest absolute Gasteiger partial charge is 0.326 e. The van der Waals surface area contributed by atoms with Crippen LogP contribution in [0.1, 0.15) is 21.5 Å². The molecule has 4 aromatic carbocycles. The van der Waals surface area contributed by atoms with Crippen molar-refractivity contribution < 1.29 is 23.8 Å². The molecule has 0 radical (unpaired) electrons. The normalized spacial score (nSPS) is 11.7. The zero-order valence-electron chi connectivity index (χ0n) is 17.7. The van der Waals surface area contributed by atoms with Gasteiger partial charge in [-0.15, -0.1) is 0 Å². The van der Waals surface area contributed by atoms with Crippen LogP contribution in [0.15, 0.2) is 91.0 Å². The number of carboxylic acid groups (broad SMARTS) is 1. The number of rotatable bonds is 8. The van der Waals surface area contributed by atoms with Gasteiger partial charge < -0.3 is 15.2 Å². The lowest BCUT2D eigenvalue weighted by Crippen LogP contribution is -2.42. The van der Waals surface area contributed by atoms with Gasteiger partial charge in [0.15, 0.2) is 0 Å². The molecule has 1 atom stereocenters. The summed E-state index contributed by atoms with van der Waals surface area (Å²) in [5, 5.41) is 13.8. The second-order valence-electron chi connectivity index (χ2n) is 7.69. The van der Waals surface area contributed by atoms with E-state index in [1.807, 2.05) is 48.5 Å². The molecule has 166 valence electrons. The Morgan fingerprint density at radius 1 is 0.848 bits per heavy atom. The van der Waals surface area contributed by atoms with Crippen molar-refractivity contribution in [3.8, 4) is 5.75 Å². The topological polar surface area (TPSA) is 75.6 Å². The van der Waals surface area contributed by atoms with Crippen molar-refractivity contribution in [2.45, 2.75) is 19.1 Å². The van der Waals surface area contributed by atoms with Gasteiger partial charge in [0.05, 0.1) is 0 Å². The number of fused-ring (bicyclic) bond motifs is 1. The Labute approximate surface area is 190 Å². The summed E-state index contributed by atoms with van der Waals surface area (Å²) in [6.07, 6.45) is 0.0526. The van der Waals surface area contributed by atoms with Crippen LogP contribution < -0.4 is 10.1 Å². The molecule has 33 heavy (non-hydrogen) atoms. The molecule has 0 aromatic heterocycles. The maximum atomic E-state index is 13.1. The second-order valence-corrected chi connectivity index (χ2v) is 7.69. The van der Waals surface area contributed by atoms with Gasteiger partial charge in [-0.25, -0.2) is 9.18 Å². The summed E-state index contributed by atoms with van der Waals surface area (Å²) in [4.78, 5) is 24.4. The van der Waals surface area contributed by atoms with Crippen LogP contribution in [0.5, 0.6) is 5.75 Å². The summed E-state index contributed by atoms with van der Waals surface area (Å²) >= 11 is 0. The van der Waals surface area contributed by atoms with Gasteiger partial charge in [-0.1, -0.05) is 54.6 Å². The zero-order chi connectivity index (χ0) is 23.2. The number of carboxylic acids is 1. The molecule has 2 N–H and O–H groups in total. The third-order valence-corrected chi connectivity index (χ3v) is 5.28. The van der Waals surface area contributed by atoms with Crippen LogP contribution >= 0.6 is 0 Å². The Hall–Kier alpha value is -4.19. The van der Waals surface area contributed by atoms with Crippen molar-refractivity contribution >= 4 is 22.6 Å². The molecule has 0 spiro atoms. The molecule has 0 aliphatic heterocycles. The first-order valence-corrected chi connectivity index (χ1v) is 10.5. The zero-order valence-corrected chi connectivity index (χ0v) is 17.7. The maximum Gasteiger partial charge on any atom is 0.326 e. The molecule has 0 saturated carbocycles.